The van der Waals surface area contributed by atoms with E-state index in [1.54, 1.807) is 0 Å². The molecule has 0 aromatic carbocycles. The second-order valence-corrected chi connectivity index (χ2v) is 4.12. The first-order valence-electron chi connectivity index (χ1n) is 4.89. The van der Waals surface area contributed by atoms with Gasteiger partial charge >= 0.3 is 0 Å². The molecule has 0 aliphatic heterocycles. The minimum Gasteiger partial charge on any atom is -0.315 e. The molecule has 0 spiro atoms. The Balaban J connectivity index is 4.23. The molecule has 0 bridgehead atoms. The minimum absolute atomic E-state index is 0.565. The Morgan fingerprint density at radius 2 is 0.917 bits per heavy atom. The molecule has 0 radical (unpaired) electrons. The lowest BCUT2D eigenvalue weighted by molar-refractivity contribution is 0.274. The van der Waals surface area contributed by atoms with Crippen LogP contribution in [0.3, 0.4) is 0 Å². The molecule has 0 aliphatic carbocycles. The third-order valence-corrected chi connectivity index (χ3v) is 2.49. The Kier molecular flexibility index (Phi) is 5.51. The van der Waals surface area contributed by atoms with Crippen molar-refractivity contribution in [3.8, 4) is 0 Å². The third-order valence-electron chi connectivity index (χ3n) is 2.49. The average Bonchev–Trinajstić information content (AvgIpc) is 1.98. The summed E-state index contributed by atoms with van der Waals surface area (Å²) in [6.07, 6.45) is 0. The van der Waals surface area contributed by atoms with E-state index in [-0.39, 0.29) is 0 Å². The van der Waals surface area contributed by atoms with Gasteiger partial charge < -0.3 is 10.6 Å². The molecule has 12 heavy (non-hydrogen) atoms. The highest BCUT2D eigenvalue weighted by Crippen LogP contribution is 2.12. The van der Waals surface area contributed by atoms with Gasteiger partial charge in [0.05, 0.1) is 0 Å². The molecule has 2 N–H and O–H groups in total. The van der Waals surface area contributed by atoms with Gasteiger partial charge in [-0.3, -0.25) is 0 Å². The summed E-state index contributed by atoms with van der Waals surface area (Å²) in [6, 6.07) is 1.13. The predicted octanol–water partition coefficient (Wildman–Crippen LogP) is 1.47. The van der Waals surface area contributed by atoms with Crippen molar-refractivity contribution in [1.29, 1.82) is 0 Å². The van der Waals surface area contributed by atoms with Crippen LogP contribution < -0.4 is 10.6 Å². The van der Waals surface area contributed by atoms with Crippen molar-refractivity contribution in [2.45, 2.75) is 39.8 Å². The van der Waals surface area contributed by atoms with Crippen molar-refractivity contribution in [1.82, 2.24) is 10.6 Å². The monoisotopic (exact) mass is 172 g/mol. The largest absolute Gasteiger partial charge is 0.315 e. The summed E-state index contributed by atoms with van der Waals surface area (Å²) in [5, 5.41) is 6.74. The van der Waals surface area contributed by atoms with Crippen LogP contribution in [0.4, 0.5) is 0 Å². The maximum absolute atomic E-state index is 3.37. The van der Waals surface area contributed by atoms with E-state index in [1.165, 1.54) is 0 Å². The van der Waals surface area contributed by atoms with Crippen molar-refractivity contribution in [2.24, 2.45) is 11.8 Å². The van der Waals surface area contributed by atoms with E-state index < -0.39 is 0 Å². The molecule has 0 rings (SSSR count). The Labute approximate surface area is 77.1 Å². The molecule has 0 saturated heterocycles. The first-order valence-corrected chi connectivity index (χ1v) is 4.89. The number of nitrogens with one attached hydrogen (secondary N) is 2. The Hall–Kier alpha value is -0.0800. The zero-order valence-electron chi connectivity index (χ0n) is 9.31. The zero-order valence-corrected chi connectivity index (χ0v) is 9.31. The highest BCUT2D eigenvalue weighted by Gasteiger charge is 2.23. The van der Waals surface area contributed by atoms with Crippen LogP contribution in [0.15, 0.2) is 0 Å². The fourth-order valence-corrected chi connectivity index (χ4v) is 1.86. The minimum atomic E-state index is 0.565. The number of hydrogen-bond donors (Lipinski definition) is 2. The van der Waals surface area contributed by atoms with Crippen LogP contribution in [0.25, 0.3) is 0 Å². The number of likely N-dealkylation sites (N-methyl/N-ethyl adjacent to an activating group) is 2. The summed E-state index contributed by atoms with van der Waals surface area (Å²) in [7, 11) is 4.08. The quantitative estimate of drug-likeness (QED) is 0.656. The van der Waals surface area contributed by atoms with Crippen molar-refractivity contribution in [3.05, 3.63) is 0 Å². The van der Waals surface area contributed by atoms with E-state index in [4.69, 9.17) is 0 Å². The molecule has 2 unspecified atom stereocenters. The van der Waals surface area contributed by atoms with Gasteiger partial charge in [-0.1, -0.05) is 27.7 Å². The molecule has 0 saturated carbocycles. The SMILES string of the molecule is CNC(C(C)C)C(NC)C(C)C. The lowest BCUT2D eigenvalue weighted by Crippen LogP contribution is -2.51. The second kappa shape index (κ2) is 5.55. The molecular weight excluding hydrogens is 148 g/mol. The molecule has 0 fully saturated rings. The predicted molar refractivity (Wildman–Crippen MR) is 55.4 cm³/mol. The third kappa shape index (κ3) is 3.11. The van der Waals surface area contributed by atoms with Gasteiger partial charge in [-0.2, -0.15) is 0 Å². The van der Waals surface area contributed by atoms with Crippen LogP contribution in [0.5, 0.6) is 0 Å². The number of rotatable bonds is 5. The number of hydrogen-bond acceptors (Lipinski definition) is 2. The van der Waals surface area contributed by atoms with Crippen molar-refractivity contribution >= 4 is 0 Å². The highest BCUT2D eigenvalue weighted by atomic mass is 15.0. The van der Waals surface area contributed by atoms with Crippen molar-refractivity contribution < 1.29 is 0 Å². The van der Waals surface area contributed by atoms with Gasteiger partial charge in [0.1, 0.15) is 0 Å². The van der Waals surface area contributed by atoms with E-state index in [0.717, 1.165) is 0 Å². The van der Waals surface area contributed by atoms with Crippen LogP contribution in [0.2, 0.25) is 0 Å². The Morgan fingerprint density at radius 3 is 1.00 bits per heavy atom. The fraction of sp³-hybridized carbons (Fsp3) is 1.00. The van der Waals surface area contributed by atoms with E-state index >= 15 is 0 Å². The zero-order chi connectivity index (χ0) is 9.72. The van der Waals surface area contributed by atoms with Crippen LogP contribution >= 0.6 is 0 Å². The average molecular weight is 172 g/mol. The van der Waals surface area contributed by atoms with Gasteiger partial charge in [0.25, 0.3) is 0 Å². The van der Waals surface area contributed by atoms with Crippen LogP contribution in [-0.2, 0) is 0 Å². The van der Waals surface area contributed by atoms with Gasteiger partial charge in [0, 0.05) is 12.1 Å². The molecule has 0 aliphatic rings. The molecule has 0 amide bonds. The summed E-state index contributed by atoms with van der Waals surface area (Å²) >= 11 is 0. The summed E-state index contributed by atoms with van der Waals surface area (Å²) < 4.78 is 0. The molecule has 74 valence electrons. The van der Waals surface area contributed by atoms with Crippen LogP contribution in [-0.4, -0.2) is 26.2 Å². The van der Waals surface area contributed by atoms with Crippen molar-refractivity contribution in [3.63, 3.8) is 0 Å². The van der Waals surface area contributed by atoms with Gasteiger partial charge in [-0.15, -0.1) is 0 Å². The standard InChI is InChI=1S/C10H24N2/c1-7(2)9(11-5)10(12-6)8(3)4/h7-12H,1-6H3. The topological polar surface area (TPSA) is 24.1 Å². The van der Waals surface area contributed by atoms with Crippen LogP contribution in [0.1, 0.15) is 27.7 Å². The molecule has 2 nitrogen and oxygen atoms in total. The maximum atomic E-state index is 3.37. The first-order chi connectivity index (χ1) is 5.54. The van der Waals surface area contributed by atoms with Gasteiger partial charge in [-0.05, 0) is 25.9 Å². The summed E-state index contributed by atoms with van der Waals surface area (Å²) in [5.74, 6) is 1.35. The molecule has 0 aromatic heterocycles. The van der Waals surface area contributed by atoms with Crippen molar-refractivity contribution in [2.75, 3.05) is 14.1 Å². The normalized spacial score (nSPS) is 17.0. The summed E-state index contributed by atoms with van der Waals surface area (Å²) in [4.78, 5) is 0. The first kappa shape index (κ1) is 11.9. The van der Waals surface area contributed by atoms with E-state index in [2.05, 4.69) is 38.3 Å². The lowest BCUT2D eigenvalue weighted by Gasteiger charge is -2.32. The Bertz CT molecular complexity index is 96.4. The molecule has 0 aromatic rings. The van der Waals surface area contributed by atoms with Crippen LogP contribution in [0, 0.1) is 11.8 Å². The molecule has 2 atom stereocenters. The highest BCUT2D eigenvalue weighted by molar-refractivity contribution is 4.84. The van der Waals surface area contributed by atoms with E-state index in [9.17, 15) is 0 Å². The van der Waals surface area contributed by atoms with Gasteiger partial charge in [0.2, 0.25) is 0 Å². The van der Waals surface area contributed by atoms with E-state index in [1.807, 2.05) is 14.1 Å². The smallest absolute Gasteiger partial charge is 0.0243 e. The maximum Gasteiger partial charge on any atom is 0.0243 e. The molecular formula is C10H24N2. The summed E-state index contributed by atoms with van der Waals surface area (Å²) in [5.41, 5.74) is 0. The molecule has 2 heteroatoms. The fourth-order valence-electron chi connectivity index (χ4n) is 1.86. The van der Waals surface area contributed by atoms with Gasteiger partial charge in [-0.25, -0.2) is 0 Å². The van der Waals surface area contributed by atoms with E-state index in [0.29, 0.717) is 23.9 Å². The van der Waals surface area contributed by atoms with Gasteiger partial charge in [0.15, 0.2) is 0 Å². The summed E-state index contributed by atoms with van der Waals surface area (Å²) in [6.45, 7) is 9.03. The Morgan fingerprint density at radius 1 is 0.667 bits per heavy atom. The second-order valence-electron chi connectivity index (χ2n) is 4.12. The molecule has 0 heterocycles. The lowest BCUT2D eigenvalue weighted by atomic mass is 9.89.